The summed E-state index contributed by atoms with van der Waals surface area (Å²) in [6.45, 7) is 0. The molecule has 0 unspecified atom stereocenters. The lowest BCUT2D eigenvalue weighted by molar-refractivity contribution is 0.0602. The molecule has 0 fully saturated rings. The van der Waals surface area contributed by atoms with Gasteiger partial charge in [-0.2, -0.15) is 5.10 Å². The van der Waals surface area contributed by atoms with Gasteiger partial charge in [-0.25, -0.2) is 9.78 Å². The van der Waals surface area contributed by atoms with Gasteiger partial charge in [-0.15, -0.1) is 0 Å². The van der Waals surface area contributed by atoms with E-state index in [2.05, 4.69) is 10.1 Å². The third-order valence-corrected chi connectivity index (χ3v) is 4.35. The number of methoxy groups -OCH3 is 1. The average Bonchev–Trinajstić information content (AvgIpc) is 3.02. The van der Waals surface area contributed by atoms with Crippen LogP contribution in [-0.4, -0.2) is 32.8 Å². The van der Waals surface area contributed by atoms with E-state index < -0.39 is 5.97 Å². The van der Waals surface area contributed by atoms with E-state index in [1.165, 1.54) is 7.11 Å². The van der Waals surface area contributed by atoms with Gasteiger partial charge in [-0.05, 0) is 18.2 Å². The summed E-state index contributed by atoms with van der Waals surface area (Å²) in [7, 11) is 3.18. The lowest BCUT2D eigenvalue weighted by atomic mass is 10.1. The normalized spacial score (nSPS) is 11.2. The second kappa shape index (κ2) is 5.82. The molecule has 0 aliphatic carbocycles. The van der Waals surface area contributed by atoms with Crippen molar-refractivity contribution in [3.63, 3.8) is 0 Å². The van der Waals surface area contributed by atoms with Crippen molar-refractivity contribution in [2.75, 3.05) is 7.11 Å². The summed E-state index contributed by atoms with van der Waals surface area (Å²) in [5, 5.41) is 5.72. The number of aryl methyl sites for hydroxylation is 1. The highest BCUT2D eigenvalue weighted by Gasteiger charge is 2.18. The van der Waals surface area contributed by atoms with Crippen molar-refractivity contribution >= 4 is 39.5 Å². The Balaban J connectivity index is 2.08. The number of halogens is 1. The Morgan fingerprint density at radius 3 is 2.64 bits per heavy atom. The van der Waals surface area contributed by atoms with Gasteiger partial charge < -0.3 is 4.74 Å². The van der Waals surface area contributed by atoms with Crippen LogP contribution in [0.25, 0.3) is 33.2 Å². The number of carbonyl (C=O) groups excluding carboxylic acids is 1. The Morgan fingerprint density at radius 1 is 1.16 bits per heavy atom. The predicted octanol–water partition coefficient (Wildman–Crippen LogP) is 3.62. The van der Waals surface area contributed by atoms with Gasteiger partial charge in [0.1, 0.15) is 11.0 Å². The maximum Gasteiger partial charge on any atom is 0.340 e. The van der Waals surface area contributed by atoms with Gasteiger partial charge in [0.15, 0.2) is 0 Å². The first-order valence-electron chi connectivity index (χ1n) is 7.54. The van der Waals surface area contributed by atoms with Crippen LogP contribution >= 0.6 is 11.6 Å². The zero-order valence-electron chi connectivity index (χ0n) is 13.5. The molecule has 0 spiro atoms. The first kappa shape index (κ1) is 15.5. The molecule has 124 valence electrons. The number of hydrogen-bond donors (Lipinski definition) is 0. The van der Waals surface area contributed by atoms with Crippen molar-refractivity contribution in [2.24, 2.45) is 7.05 Å². The molecule has 0 saturated heterocycles. The number of benzene rings is 1. The topological polar surface area (TPSA) is 69.9 Å². The third kappa shape index (κ3) is 2.51. The summed E-state index contributed by atoms with van der Waals surface area (Å²) in [5.74, 6) is -0.460. The quantitative estimate of drug-likeness (QED) is 0.515. The van der Waals surface area contributed by atoms with E-state index in [0.717, 1.165) is 16.5 Å². The Hall–Kier alpha value is -2.99. The molecule has 0 atom stereocenters. The number of rotatable bonds is 2. The zero-order chi connectivity index (χ0) is 17.6. The van der Waals surface area contributed by atoms with Crippen LogP contribution in [0.1, 0.15) is 10.4 Å². The van der Waals surface area contributed by atoms with E-state index in [9.17, 15) is 4.79 Å². The van der Waals surface area contributed by atoms with Gasteiger partial charge in [0.2, 0.25) is 0 Å². The van der Waals surface area contributed by atoms with Crippen LogP contribution in [0, 0.1) is 0 Å². The molecule has 0 saturated carbocycles. The standard InChI is InChI=1S/C18H13ClN4O2/c1-23-15-9-20-16-12(18(24)25-2)7-14(10-3-5-11(19)6-4-10)22-17(16)13(15)8-21-23/h3-9H,1-2H3. The van der Waals surface area contributed by atoms with Gasteiger partial charge in [-0.3, -0.25) is 9.67 Å². The van der Waals surface area contributed by atoms with E-state index in [-0.39, 0.29) is 0 Å². The van der Waals surface area contributed by atoms with Crippen LogP contribution in [0.5, 0.6) is 0 Å². The molecule has 0 radical (unpaired) electrons. The molecule has 3 heterocycles. The zero-order valence-corrected chi connectivity index (χ0v) is 14.3. The minimum absolute atomic E-state index is 0.364. The second-order valence-electron chi connectivity index (χ2n) is 5.58. The number of nitrogens with zero attached hydrogens (tertiary/aromatic N) is 4. The Morgan fingerprint density at radius 2 is 1.92 bits per heavy atom. The second-order valence-corrected chi connectivity index (χ2v) is 6.01. The fraction of sp³-hybridized carbons (Fsp3) is 0.111. The first-order valence-corrected chi connectivity index (χ1v) is 7.92. The monoisotopic (exact) mass is 352 g/mol. The molecule has 3 aromatic heterocycles. The maximum atomic E-state index is 12.3. The van der Waals surface area contributed by atoms with Crippen molar-refractivity contribution < 1.29 is 9.53 Å². The number of hydrogen-bond acceptors (Lipinski definition) is 5. The highest BCUT2D eigenvalue weighted by atomic mass is 35.5. The van der Waals surface area contributed by atoms with E-state index in [4.69, 9.17) is 21.3 Å². The lowest BCUT2D eigenvalue weighted by Gasteiger charge is -2.09. The Bertz CT molecular complexity index is 1120. The summed E-state index contributed by atoms with van der Waals surface area (Å²) in [5.41, 5.74) is 3.79. The predicted molar refractivity (Wildman–Crippen MR) is 95.6 cm³/mol. The largest absolute Gasteiger partial charge is 0.465 e. The molecular weight excluding hydrogens is 340 g/mol. The highest BCUT2D eigenvalue weighted by molar-refractivity contribution is 6.30. The fourth-order valence-corrected chi connectivity index (χ4v) is 2.93. The number of carbonyl (C=O) groups is 1. The maximum absolute atomic E-state index is 12.3. The van der Waals surface area contributed by atoms with Crippen molar-refractivity contribution in [3.8, 4) is 11.3 Å². The number of esters is 1. The molecule has 0 aliphatic heterocycles. The summed E-state index contributed by atoms with van der Waals surface area (Å²) in [4.78, 5) is 21.4. The van der Waals surface area contributed by atoms with Gasteiger partial charge in [0.25, 0.3) is 0 Å². The van der Waals surface area contributed by atoms with Crippen LogP contribution in [0.15, 0.2) is 42.7 Å². The molecule has 1 aromatic carbocycles. The molecule has 4 rings (SSSR count). The molecule has 25 heavy (non-hydrogen) atoms. The third-order valence-electron chi connectivity index (χ3n) is 4.09. The van der Waals surface area contributed by atoms with E-state index in [0.29, 0.717) is 27.3 Å². The Labute approximate surface area is 148 Å². The molecule has 7 heteroatoms. The first-order chi connectivity index (χ1) is 12.1. The average molecular weight is 353 g/mol. The van der Waals surface area contributed by atoms with E-state index in [1.807, 2.05) is 19.2 Å². The number of pyridine rings is 2. The van der Waals surface area contributed by atoms with E-state index >= 15 is 0 Å². The highest BCUT2D eigenvalue weighted by Crippen LogP contribution is 2.29. The molecular formula is C18H13ClN4O2. The molecule has 6 nitrogen and oxygen atoms in total. The van der Waals surface area contributed by atoms with Crippen LogP contribution in [0.3, 0.4) is 0 Å². The summed E-state index contributed by atoms with van der Waals surface area (Å²) in [6, 6.07) is 8.96. The minimum atomic E-state index is -0.460. The summed E-state index contributed by atoms with van der Waals surface area (Å²) in [6.07, 6.45) is 3.40. The van der Waals surface area contributed by atoms with Crippen molar-refractivity contribution in [1.29, 1.82) is 0 Å². The SMILES string of the molecule is COC(=O)c1cc(-c2ccc(Cl)cc2)nc2c1ncc1c2cnn1C. The van der Waals surface area contributed by atoms with Crippen molar-refractivity contribution in [1.82, 2.24) is 19.7 Å². The van der Waals surface area contributed by atoms with Crippen LogP contribution in [-0.2, 0) is 11.8 Å². The van der Waals surface area contributed by atoms with Crippen LogP contribution in [0.4, 0.5) is 0 Å². The van der Waals surface area contributed by atoms with Gasteiger partial charge in [0, 0.05) is 23.0 Å². The summed E-state index contributed by atoms with van der Waals surface area (Å²) < 4.78 is 6.64. The molecule has 0 N–H and O–H groups in total. The molecule has 0 aliphatic rings. The Kier molecular flexibility index (Phi) is 3.62. The van der Waals surface area contributed by atoms with E-state index in [1.54, 1.807) is 35.3 Å². The fourth-order valence-electron chi connectivity index (χ4n) is 2.80. The molecule has 0 bridgehead atoms. The van der Waals surface area contributed by atoms with Crippen LogP contribution in [0.2, 0.25) is 5.02 Å². The van der Waals surface area contributed by atoms with Gasteiger partial charge in [0.05, 0.1) is 36.3 Å². The number of ether oxygens (including phenoxy) is 1. The minimum Gasteiger partial charge on any atom is -0.465 e. The molecule has 0 amide bonds. The number of fused-ring (bicyclic) bond motifs is 3. The smallest absolute Gasteiger partial charge is 0.340 e. The van der Waals surface area contributed by atoms with Crippen LogP contribution < -0.4 is 0 Å². The number of aromatic nitrogens is 4. The van der Waals surface area contributed by atoms with Crippen molar-refractivity contribution in [3.05, 3.63) is 53.3 Å². The summed E-state index contributed by atoms with van der Waals surface area (Å²) >= 11 is 5.96. The molecule has 4 aromatic rings. The lowest BCUT2D eigenvalue weighted by Crippen LogP contribution is -2.05. The van der Waals surface area contributed by atoms with Gasteiger partial charge >= 0.3 is 5.97 Å². The van der Waals surface area contributed by atoms with Gasteiger partial charge in [-0.1, -0.05) is 23.7 Å². The van der Waals surface area contributed by atoms with Crippen molar-refractivity contribution in [2.45, 2.75) is 0 Å².